The Bertz CT molecular complexity index is 1960. The lowest BCUT2D eigenvalue weighted by molar-refractivity contribution is -0.379. The van der Waals surface area contributed by atoms with Gasteiger partial charge in [-0.25, -0.2) is 0 Å². The number of carbonyl (C=O) groups is 1. The molecule has 17 unspecified atom stereocenters. The average Bonchev–Trinajstić information content (AvgIpc) is 0.784. The largest absolute Gasteiger partial charge is 0.394 e. The summed E-state index contributed by atoms with van der Waals surface area (Å²) >= 11 is 0. The Balaban J connectivity index is 1.38. The number of aliphatic hydroxyl groups is 11. The van der Waals surface area contributed by atoms with Crippen LogP contribution in [0.5, 0.6) is 0 Å². The summed E-state index contributed by atoms with van der Waals surface area (Å²) in [5.41, 5.74) is 0. The molecule has 1 amide bonds. The SMILES string of the molecule is CCCCCCC/C=C\C/C=C\C/C=C\CCCCCCCCC(=O)NC(COC1OC(CO)C(OC2OC(CO)C(OC3OC(CO)C(O)C(O)C3O)C(O)C2O)C(O)C1O)C(O)/C=C/CCCCCCCCCCCCCCCCCCCCCCCCCCCCCCCC. The van der Waals surface area contributed by atoms with Crippen LogP contribution in [0.25, 0.3) is 0 Å². The van der Waals surface area contributed by atoms with E-state index < -0.39 is 124 Å². The first kappa shape index (κ1) is 90.0. The molecule has 19 nitrogen and oxygen atoms in total. The molecular formula is C79H145NO18. The molecule has 3 heterocycles. The molecule has 3 aliphatic heterocycles. The molecule has 12 N–H and O–H groups in total. The second-order valence-electron chi connectivity index (χ2n) is 28.5. The van der Waals surface area contributed by atoms with E-state index in [0.717, 1.165) is 77.0 Å². The standard InChI is InChI=1S/C79H145NO18/c1-3-5-7-9-11-13-15-17-19-21-23-25-26-27-28-29-30-31-32-33-34-35-37-38-40-42-44-46-48-50-52-54-56-63(84)62(80-67(85)57-55-53-51-49-47-45-43-41-39-36-24-22-20-18-16-14-12-10-8-6-4-2)61-93-77-73(91)70(88)75(65(59-82)95-77)98-79-74(92)71(89)76(66(60-83)96-79)97-78-72(90)69(87)68(86)64(58-81)94-78/h16,18,22,24,39,41,54,56,62-66,68-79,81-84,86-92H,3-15,17,19-21,23,25-38,40,42-53,55,57-61H2,1-2H3,(H,80,85)/b18-16-,24-22-,41-39-,56-54+. The van der Waals surface area contributed by atoms with Crippen LogP contribution in [0.2, 0.25) is 0 Å². The van der Waals surface area contributed by atoms with Gasteiger partial charge >= 0.3 is 0 Å². The number of rotatable bonds is 63. The van der Waals surface area contributed by atoms with Crippen LogP contribution in [0.1, 0.15) is 316 Å². The number of carbonyl (C=O) groups excluding carboxylic acids is 1. The molecular weight excluding hydrogens is 1250 g/mol. The summed E-state index contributed by atoms with van der Waals surface area (Å²) in [5.74, 6) is -0.285. The topological polar surface area (TPSA) is 307 Å². The van der Waals surface area contributed by atoms with Crippen molar-refractivity contribution in [3.63, 3.8) is 0 Å². The second-order valence-corrected chi connectivity index (χ2v) is 28.5. The van der Waals surface area contributed by atoms with Crippen molar-refractivity contribution >= 4 is 5.91 Å². The van der Waals surface area contributed by atoms with Gasteiger partial charge in [0, 0.05) is 6.42 Å². The van der Waals surface area contributed by atoms with Crippen LogP contribution in [0.4, 0.5) is 0 Å². The Morgan fingerprint density at radius 1 is 0.367 bits per heavy atom. The third-order valence-electron chi connectivity index (χ3n) is 19.9. The lowest BCUT2D eigenvalue weighted by Crippen LogP contribution is -2.66. The summed E-state index contributed by atoms with van der Waals surface area (Å²) in [6.07, 6.45) is 48.1. The molecule has 3 aliphatic rings. The molecule has 0 spiro atoms. The number of nitrogens with one attached hydrogen (secondary N) is 1. The highest BCUT2D eigenvalue weighted by atomic mass is 16.8. The van der Waals surface area contributed by atoms with Gasteiger partial charge in [-0.05, 0) is 57.8 Å². The molecule has 0 saturated carbocycles. The van der Waals surface area contributed by atoms with E-state index in [1.165, 1.54) is 212 Å². The van der Waals surface area contributed by atoms with Crippen molar-refractivity contribution < 1.29 is 89.4 Å². The van der Waals surface area contributed by atoms with Gasteiger partial charge in [0.15, 0.2) is 18.9 Å². The van der Waals surface area contributed by atoms with E-state index in [4.69, 9.17) is 28.4 Å². The van der Waals surface area contributed by atoms with Gasteiger partial charge in [-0.1, -0.05) is 300 Å². The summed E-state index contributed by atoms with van der Waals surface area (Å²) in [4.78, 5) is 13.4. The fraction of sp³-hybridized carbons (Fsp3) is 0.886. The highest BCUT2D eigenvalue weighted by Crippen LogP contribution is 2.33. The molecule has 0 radical (unpaired) electrons. The van der Waals surface area contributed by atoms with Crippen molar-refractivity contribution in [2.24, 2.45) is 0 Å². The lowest BCUT2D eigenvalue weighted by atomic mass is 9.96. The van der Waals surface area contributed by atoms with Crippen molar-refractivity contribution in [3.8, 4) is 0 Å². The molecule has 0 aromatic heterocycles. The van der Waals surface area contributed by atoms with Gasteiger partial charge in [-0.3, -0.25) is 4.79 Å². The lowest BCUT2D eigenvalue weighted by Gasteiger charge is -2.48. The van der Waals surface area contributed by atoms with Crippen molar-refractivity contribution in [1.29, 1.82) is 0 Å². The average molecular weight is 1400 g/mol. The number of amides is 1. The summed E-state index contributed by atoms with van der Waals surface area (Å²) in [6.45, 7) is 1.75. The fourth-order valence-corrected chi connectivity index (χ4v) is 13.4. The highest BCUT2D eigenvalue weighted by molar-refractivity contribution is 5.76. The first-order valence-corrected chi connectivity index (χ1v) is 39.9. The van der Waals surface area contributed by atoms with Crippen molar-refractivity contribution in [3.05, 3.63) is 48.6 Å². The zero-order valence-corrected chi connectivity index (χ0v) is 61.3. The van der Waals surface area contributed by atoms with Crippen molar-refractivity contribution in [2.75, 3.05) is 26.4 Å². The molecule has 3 fully saturated rings. The maximum atomic E-state index is 13.4. The van der Waals surface area contributed by atoms with E-state index in [-0.39, 0.29) is 18.9 Å². The molecule has 17 atom stereocenters. The molecule has 0 bridgehead atoms. The van der Waals surface area contributed by atoms with Crippen LogP contribution < -0.4 is 5.32 Å². The Kier molecular flexibility index (Phi) is 55.1. The van der Waals surface area contributed by atoms with E-state index in [9.17, 15) is 61.0 Å². The number of aliphatic hydroxyl groups excluding tert-OH is 11. The smallest absolute Gasteiger partial charge is 0.220 e. The van der Waals surface area contributed by atoms with E-state index in [1.54, 1.807) is 6.08 Å². The number of allylic oxidation sites excluding steroid dienone is 7. The third kappa shape index (κ3) is 40.1. The molecule has 3 rings (SSSR count). The summed E-state index contributed by atoms with van der Waals surface area (Å²) < 4.78 is 34.4. The third-order valence-corrected chi connectivity index (χ3v) is 19.9. The van der Waals surface area contributed by atoms with Gasteiger partial charge in [0.25, 0.3) is 0 Å². The fourth-order valence-electron chi connectivity index (χ4n) is 13.4. The minimum atomic E-state index is -1.98. The Hall–Kier alpha value is -2.25. The first-order chi connectivity index (χ1) is 47.8. The summed E-state index contributed by atoms with van der Waals surface area (Å²) in [6, 6.07) is -0.984. The van der Waals surface area contributed by atoms with Gasteiger partial charge in [0.1, 0.15) is 73.2 Å². The van der Waals surface area contributed by atoms with E-state index in [1.807, 2.05) is 6.08 Å². The highest BCUT2D eigenvalue weighted by Gasteiger charge is 2.54. The monoisotopic (exact) mass is 1400 g/mol. The van der Waals surface area contributed by atoms with E-state index >= 15 is 0 Å². The van der Waals surface area contributed by atoms with Crippen LogP contribution >= 0.6 is 0 Å². The van der Waals surface area contributed by atoms with Crippen LogP contribution in [0.15, 0.2) is 48.6 Å². The molecule has 0 aromatic carbocycles. The second kappa shape index (κ2) is 60.1. The predicted molar refractivity (Wildman–Crippen MR) is 388 cm³/mol. The molecule has 0 aliphatic carbocycles. The zero-order chi connectivity index (χ0) is 71.1. The number of hydrogen-bond donors (Lipinski definition) is 12. The van der Waals surface area contributed by atoms with E-state index in [2.05, 4.69) is 55.6 Å². The molecule has 0 aromatic rings. The minimum Gasteiger partial charge on any atom is -0.394 e. The van der Waals surface area contributed by atoms with Crippen molar-refractivity contribution in [2.45, 2.75) is 420 Å². The number of hydrogen-bond acceptors (Lipinski definition) is 18. The normalized spacial score (nSPS) is 27.0. The molecule has 3 saturated heterocycles. The molecule has 574 valence electrons. The molecule has 19 heteroatoms. The van der Waals surface area contributed by atoms with Gasteiger partial charge in [-0.2, -0.15) is 0 Å². The quantitative estimate of drug-likeness (QED) is 0.0199. The minimum absolute atomic E-state index is 0.228. The van der Waals surface area contributed by atoms with E-state index in [0.29, 0.717) is 6.42 Å². The maximum Gasteiger partial charge on any atom is 0.220 e. The summed E-state index contributed by atoms with van der Waals surface area (Å²) in [7, 11) is 0. The first-order valence-electron chi connectivity index (χ1n) is 39.9. The Morgan fingerprint density at radius 3 is 1.05 bits per heavy atom. The van der Waals surface area contributed by atoms with Gasteiger partial charge in [0.05, 0.1) is 38.6 Å². The van der Waals surface area contributed by atoms with Gasteiger partial charge < -0.3 is 89.9 Å². The molecule has 98 heavy (non-hydrogen) atoms. The van der Waals surface area contributed by atoms with Crippen LogP contribution in [0.3, 0.4) is 0 Å². The van der Waals surface area contributed by atoms with Gasteiger partial charge in [0.2, 0.25) is 5.91 Å². The Labute approximate surface area is 593 Å². The van der Waals surface area contributed by atoms with Crippen molar-refractivity contribution in [1.82, 2.24) is 5.32 Å². The Morgan fingerprint density at radius 2 is 0.673 bits per heavy atom. The maximum absolute atomic E-state index is 13.4. The summed E-state index contributed by atoms with van der Waals surface area (Å²) in [5, 5.41) is 121. The zero-order valence-electron chi connectivity index (χ0n) is 61.3. The number of ether oxygens (including phenoxy) is 6. The van der Waals surface area contributed by atoms with Crippen LogP contribution in [-0.4, -0.2) is 193 Å². The number of unbranched alkanes of at least 4 members (excludes halogenated alkanes) is 41. The predicted octanol–water partition coefficient (Wildman–Crippen LogP) is 12.9. The van der Waals surface area contributed by atoms with Crippen LogP contribution in [-0.2, 0) is 33.2 Å². The van der Waals surface area contributed by atoms with Gasteiger partial charge in [-0.15, -0.1) is 0 Å². The van der Waals surface area contributed by atoms with Crippen LogP contribution in [0, 0.1) is 0 Å².